The molecule has 0 saturated heterocycles. The summed E-state index contributed by atoms with van der Waals surface area (Å²) in [5.74, 6) is 1.13. The standard InChI is InChI=1S/C25H32N4O3/c30-24(19-13-11-17(12-14-19)15-27-25(31)32)29-21-10-4-2-1-3-7-18-8-5-6-9-20(18)22-16-26-23(21)28-22/h2,4-6,8-9,16-17,19,21,27H,1,3,7,10-15H2,(H,26,28)(H,29,30)(H,31,32). The van der Waals surface area contributed by atoms with Crippen LogP contribution in [0.3, 0.4) is 0 Å². The zero-order valence-electron chi connectivity index (χ0n) is 18.3. The number of benzene rings is 1. The van der Waals surface area contributed by atoms with Gasteiger partial charge in [-0.3, -0.25) is 4.79 Å². The molecule has 4 N–H and O–H groups in total. The Morgan fingerprint density at radius 1 is 1.12 bits per heavy atom. The molecule has 1 fully saturated rings. The quantitative estimate of drug-likeness (QED) is 0.526. The van der Waals surface area contributed by atoms with Crippen LogP contribution in [0.4, 0.5) is 4.79 Å². The van der Waals surface area contributed by atoms with E-state index < -0.39 is 6.09 Å². The highest BCUT2D eigenvalue weighted by Gasteiger charge is 2.28. The number of aromatic nitrogens is 2. The molecule has 32 heavy (non-hydrogen) atoms. The van der Waals surface area contributed by atoms with Crippen LogP contribution in [0.1, 0.15) is 62.4 Å². The summed E-state index contributed by atoms with van der Waals surface area (Å²) in [6, 6.07) is 8.23. The molecule has 1 saturated carbocycles. The summed E-state index contributed by atoms with van der Waals surface area (Å²) in [5, 5.41) is 14.5. The van der Waals surface area contributed by atoms with Crippen molar-refractivity contribution in [2.45, 2.75) is 57.4 Å². The summed E-state index contributed by atoms with van der Waals surface area (Å²) in [6.45, 7) is 0.466. The third-order valence-electron chi connectivity index (χ3n) is 6.66. The fourth-order valence-corrected chi connectivity index (χ4v) is 4.80. The molecule has 2 bridgehead atoms. The molecule has 1 aliphatic carbocycles. The number of carbonyl (C=O) groups is 2. The first-order valence-corrected chi connectivity index (χ1v) is 11.7. The minimum absolute atomic E-state index is 0.0309. The van der Waals surface area contributed by atoms with E-state index in [1.165, 1.54) is 11.1 Å². The second kappa shape index (κ2) is 10.5. The summed E-state index contributed by atoms with van der Waals surface area (Å²) in [4.78, 5) is 31.8. The van der Waals surface area contributed by atoms with Gasteiger partial charge in [-0.1, -0.05) is 36.4 Å². The van der Waals surface area contributed by atoms with Crippen LogP contribution in [0.2, 0.25) is 0 Å². The van der Waals surface area contributed by atoms with Crippen molar-refractivity contribution in [3.05, 3.63) is 54.0 Å². The first-order chi connectivity index (χ1) is 15.6. The highest BCUT2D eigenvalue weighted by atomic mass is 16.4. The second-order valence-electron chi connectivity index (χ2n) is 8.90. The van der Waals surface area contributed by atoms with Crippen molar-refractivity contribution in [2.75, 3.05) is 6.54 Å². The van der Waals surface area contributed by atoms with Crippen LogP contribution in [0.15, 0.2) is 42.6 Å². The molecule has 2 aromatic rings. The average molecular weight is 437 g/mol. The first-order valence-electron chi connectivity index (χ1n) is 11.7. The number of nitrogens with one attached hydrogen (secondary N) is 3. The molecule has 170 valence electrons. The van der Waals surface area contributed by atoms with Gasteiger partial charge in [-0.2, -0.15) is 0 Å². The number of allylic oxidation sites excluding steroid dienone is 1. The zero-order valence-corrected chi connectivity index (χ0v) is 18.3. The van der Waals surface area contributed by atoms with Crippen molar-refractivity contribution in [3.8, 4) is 11.3 Å². The number of rotatable bonds is 4. The van der Waals surface area contributed by atoms with Crippen LogP contribution in [-0.2, 0) is 11.2 Å². The molecule has 1 aromatic heterocycles. The van der Waals surface area contributed by atoms with E-state index >= 15 is 0 Å². The monoisotopic (exact) mass is 436 g/mol. The minimum atomic E-state index is -0.985. The molecular weight excluding hydrogens is 404 g/mol. The zero-order chi connectivity index (χ0) is 22.3. The van der Waals surface area contributed by atoms with Gasteiger partial charge in [-0.15, -0.1) is 0 Å². The molecule has 2 aliphatic rings. The Kier molecular flexibility index (Phi) is 7.24. The van der Waals surface area contributed by atoms with E-state index in [0.717, 1.165) is 56.5 Å². The molecule has 7 nitrogen and oxygen atoms in total. The van der Waals surface area contributed by atoms with Crippen molar-refractivity contribution in [2.24, 2.45) is 11.8 Å². The molecule has 1 atom stereocenters. The van der Waals surface area contributed by atoms with E-state index in [2.05, 4.69) is 51.0 Å². The summed E-state index contributed by atoms with van der Waals surface area (Å²) >= 11 is 0. The normalized spacial score (nSPS) is 23.3. The van der Waals surface area contributed by atoms with Gasteiger partial charge in [-0.25, -0.2) is 9.78 Å². The molecular formula is C25H32N4O3. The highest BCUT2D eigenvalue weighted by Crippen LogP contribution is 2.30. The van der Waals surface area contributed by atoms with Crippen LogP contribution >= 0.6 is 0 Å². The molecule has 0 radical (unpaired) electrons. The number of fused-ring (bicyclic) bond motifs is 4. The molecule has 1 unspecified atom stereocenters. The Balaban J connectivity index is 1.43. The maximum absolute atomic E-state index is 13.0. The van der Waals surface area contributed by atoms with E-state index in [1.54, 1.807) is 0 Å². The van der Waals surface area contributed by atoms with E-state index in [1.807, 2.05) is 12.3 Å². The van der Waals surface area contributed by atoms with Gasteiger partial charge in [0.2, 0.25) is 5.91 Å². The van der Waals surface area contributed by atoms with Crippen LogP contribution in [0.25, 0.3) is 11.3 Å². The summed E-state index contributed by atoms with van der Waals surface area (Å²) < 4.78 is 0. The lowest BCUT2D eigenvalue weighted by atomic mass is 9.81. The molecule has 2 amide bonds. The van der Waals surface area contributed by atoms with Gasteiger partial charge >= 0.3 is 6.09 Å². The van der Waals surface area contributed by atoms with Gasteiger partial charge in [0.05, 0.1) is 17.9 Å². The third kappa shape index (κ3) is 5.58. The molecule has 0 spiro atoms. The molecule has 1 aromatic carbocycles. The van der Waals surface area contributed by atoms with E-state index in [4.69, 9.17) is 5.11 Å². The molecule has 7 heteroatoms. The van der Waals surface area contributed by atoms with Gasteiger partial charge in [0, 0.05) is 18.0 Å². The fraction of sp³-hybridized carbons (Fsp3) is 0.480. The number of imidazole rings is 1. The predicted octanol–water partition coefficient (Wildman–Crippen LogP) is 4.59. The first kappa shape index (κ1) is 22.1. The van der Waals surface area contributed by atoms with Crippen molar-refractivity contribution >= 4 is 12.0 Å². The summed E-state index contributed by atoms with van der Waals surface area (Å²) in [5.41, 5.74) is 3.48. The predicted molar refractivity (Wildman–Crippen MR) is 123 cm³/mol. The molecule has 1 aliphatic heterocycles. The number of aromatic amines is 1. The van der Waals surface area contributed by atoms with E-state index in [-0.39, 0.29) is 17.9 Å². The van der Waals surface area contributed by atoms with Crippen molar-refractivity contribution < 1.29 is 14.7 Å². The van der Waals surface area contributed by atoms with Crippen molar-refractivity contribution in [1.29, 1.82) is 0 Å². The maximum Gasteiger partial charge on any atom is 0.404 e. The van der Waals surface area contributed by atoms with Gasteiger partial charge in [-0.05, 0) is 62.8 Å². The lowest BCUT2D eigenvalue weighted by Gasteiger charge is -2.28. The average Bonchev–Trinajstić information content (AvgIpc) is 3.29. The smallest absolute Gasteiger partial charge is 0.404 e. The maximum atomic E-state index is 13.0. The number of hydrogen-bond acceptors (Lipinski definition) is 3. The largest absolute Gasteiger partial charge is 0.465 e. The number of carboxylic acid groups (broad SMARTS) is 1. The Bertz CT molecular complexity index is 960. The Labute approximate surface area is 188 Å². The summed E-state index contributed by atoms with van der Waals surface area (Å²) in [6.07, 6.45) is 12.4. The van der Waals surface area contributed by atoms with Crippen LogP contribution in [0.5, 0.6) is 0 Å². The number of carbonyl (C=O) groups excluding carboxylic acids is 1. The van der Waals surface area contributed by atoms with Crippen LogP contribution in [0, 0.1) is 11.8 Å². The summed E-state index contributed by atoms with van der Waals surface area (Å²) in [7, 11) is 0. The topological polar surface area (TPSA) is 107 Å². The Morgan fingerprint density at radius 3 is 2.75 bits per heavy atom. The molecule has 2 heterocycles. The van der Waals surface area contributed by atoms with Gasteiger partial charge in [0.15, 0.2) is 0 Å². The van der Waals surface area contributed by atoms with Gasteiger partial charge in [0.25, 0.3) is 0 Å². The number of H-pyrrole nitrogens is 1. The van der Waals surface area contributed by atoms with Crippen molar-refractivity contribution in [3.63, 3.8) is 0 Å². The number of nitrogens with zero attached hydrogens (tertiary/aromatic N) is 1. The van der Waals surface area contributed by atoms with Crippen molar-refractivity contribution in [1.82, 2.24) is 20.6 Å². The van der Waals surface area contributed by atoms with Crippen LogP contribution in [-0.4, -0.2) is 33.6 Å². The highest BCUT2D eigenvalue weighted by molar-refractivity contribution is 5.79. The number of aryl methyl sites for hydroxylation is 1. The lowest BCUT2D eigenvalue weighted by Crippen LogP contribution is -2.37. The number of amides is 2. The van der Waals surface area contributed by atoms with E-state index in [9.17, 15) is 9.59 Å². The Hall–Kier alpha value is -3.09. The minimum Gasteiger partial charge on any atom is -0.465 e. The van der Waals surface area contributed by atoms with Crippen LogP contribution < -0.4 is 10.6 Å². The third-order valence-corrected chi connectivity index (χ3v) is 6.66. The fourth-order valence-electron chi connectivity index (χ4n) is 4.80. The van der Waals surface area contributed by atoms with Gasteiger partial charge in [0.1, 0.15) is 5.82 Å². The number of hydrogen-bond donors (Lipinski definition) is 4. The SMILES string of the molecule is O=C(O)NCC1CCC(C(=O)NC2CC=CCCCc3ccccc3-c3cnc2[nH]3)CC1. The second-order valence-corrected chi connectivity index (χ2v) is 8.90. The molecule has 4 rings (SSSR count). The van der Waals surface area contributed by atoms with Gasteiger partial charge < -0.3 is 20.7 Å². The lowest BCUT2D eigenvalue weighted by molar-refractivity contribution is -0.127. The van der Waals surface area contributed by atoms with E-state index in [0.29, 0.717) is 18.9 Å². The Morgan fingerprint density at radius 2 is 1.94 bits per heavy atom.